The lowest BCUT2D eigenvalue weighted by Crippen LogP contribution is -2.29. The van der Waals surface area contributed by atoms with Crippen molar-refractivity contribution >= 4 is 27.5 Å². The standard InChI is InChI=1S/C25H25N3O2S/c1-16-8-10-19(11-9-16)21-14-31-24-23(21)25(30)28(15-26-24)13-12-22(29)27-18(3)20-7-5-4-6-17(20)2/h4-11,14-15,18H,12-13H2,1-3H3,(H,27,29)/t18-/m0/s1. The predicted molar refractivity (Wildman–Crippen MR) is 126 cm³/mol. The number of aromatic nitrogens is 2. The van der Waals surface area contributed by atoms with Crippen LogP contribution in [0.5, 0.6) is 0 Å². The van der Waals surface area contributed by atoms with Crippen LogP contribution in [0.25, 0.3) is 21.3 Å². The number of thiophene rings is 1. The van der Waals surface area contributed by atoms with E-state index in [9.17, 15) is 9.59 Å². The molecule has 2 heterocycles. The van der Waals surface area contributed by atoms with Crippen molar-refractivity contribution < 1.29 is 4.79 Å². The van der Waals surface area contributed by atoms with Crippen molar-refractivity contribution in [2.45, 2.75) is 39.8 Å². The summed E-state index contributed by atoms with van der Waals surface area (Å²) in [5.74, 6) is -0.0909. The highest BCUT2D eigenvalue weighted by molar-refractivity contribution is 7.17. The minimum absolute atomic E-state index is 0.0870. The summed E-state index contributed by atoms with van der Waals surface area (Å²) >= 11 is 1.46. The van der Waals surface area contributed by atoms with E-state index in [1.165, 1.54) is 27.8 Å². The Kier molecular flexibility index (Phi) is 6.00. The lowest BCUT2D eigenvalue weighted by atomic mass is 10.0. The number of carbonyl (C=O) groups is 1. The van der Waals surface area contributed by atoms with Crippen LogP contribution in [0.15, 0.2) is 65.0 Å². The molecule has 0 unspecified atom stereocenters. The topological polar surface area (TPSA) is 64.0 Å². The minimum Gasteiger partial charge on any atom is -0.350 e. The number of hydrogen-bond donors (Lipinski definition) is 1. The monoisotopic (exact) mass is 431 g/mol. The number of carbonyl (C=O) groups excluding carboxylic acids is 1. The van der Waals surface area contributed by atoms with Gasteiger partial charge in [-0.25, -0.2) is 4.98 Å². The second-order valence-electron chi connectivity index (χ2n) is 7.83. The van der Waals surface area contributed by atoms with Crippen LogP contribution in [0.4, 0.5) is 0 Å². The van der Waals surface area contributed by atoms with Crippen molar-refractivity contribution in [3.63, 3.8) is 0 Å². The Morgan fingerprint density at radius 2 is 1.87 bits per heavy atom. The van der Waals surface area contributed by atoms with Crippen molar-refractivity contribution in [2.75, 3.05) is 0 Å². The summed E-state index contributed by atoms with van der Waals surface area (Å²) in [7, 11) is 0. The first-order chi connectivity index (χ1) is 14.9. The number of nitrogens with one attached hydrogen (secondary N) is 1. The number of benzene rings is 2. The van der Waals surface area contributed by atoms with E-state index in [0.717, 1.165) is 27.1 Å². The number of hydrogen-bond acceptors (Lipinski definition) is 4. The molecule has 5 nitrogen and oxygen atoms in total. The Labute approximate surface area is 185 Å². The Balaban J connectivity index is 1.51. The van der Waals surface area contributed by atoms with Crippen LogP contribution in [0.1, 0.15) is 36.1 Å². The summed E-state index contributed by atoms with van der Waals surface area (Å²) in [6.07, 6.45) is 1.76. The minimum atomic E-state index is -0.110. The first kappa shape index (κ1) is 21.0. The lowest BCUT2D eigenvalue weighted by molar-refractivity contribution is -0.121. The van der Waals surface area contributed by atoms with Gasteiger partial charge in [-0.1, -0.05) is 54.1 Å². The summed E-state index contributed by atoms with van der Waals surface area (Å²) in [6, 6.07) is 16.0. The molecule has 1 amide bonds. The molecular formula is C25H25N3O2S. The van der Waals surface area contributed by atoms with Crippen LogP contribution < -0.4 is 10.9 Å². The number of aryl methyl sites for hydroxylation is 3. The Bertz CT molecular complexity index is 1290. The van der Waals surface area contributed by atoms with Crippen LogP contribution in [0.3, 0.4) is 0 Å². The highest BCUT2D eigenvalue weighted by Gasteiger charge is 2.15. The van der Waals surface area contributed by atoms with Gasteiger partial charge in [-0.05, 0) is 37.5 Å². The average molecular weight is 432 g/mol. The molecule has 0 aliphatic rings. The maximum atomic E-state index is 13.1. The molecule has 0 bridgehead atoms. The van der Waals surface area contributed by atoms with Crippen molar-refractivity contribution in [3.05, 3.63) is 87.3 Å². The maximum absolute atomic E-state index is 13.1. The molecule has 0 aliphatic heterocycles. The first-order valence-electron chi connectivity index (χ1n) is 10.3. The van der Waals surface area contributed by atoms with E-state index in [1.54, 1.807) is 0 Å². The molecule has 6 heteroatoms. The Hall–Kier alpha value is -3.25. The molecule has 31 heavy (non-hydrogen) atoms. The van der Waals surface area contributed by atoms with Gasteiger partial charge in [0.25, 0.3) is 5.56 Å². The van der Waals surface area contributed by atoms with Crippen LogP contribution in [-0.2, 0) is 11.3 Å². The van der Waals surface area contributed by atoms with Gasteiger partial charge in [-0.3, -0.25) is 14.2 Å². The zero-order valence-electron chi connectivity index (χ0n) is 17.9. The molecule has 0 aliphatic carbocycles. The molecule has 0 spiro atoms. The van der Waals surface area contributed by atoms with Crippen molar-refractivity contribution in [2.24, 2.45) is 0 Å². The summed E-state index contributed by atoms with van der Waals surface area (Å²) < 4.78 is 1.53. The zero-order valence-corrected chi connectivity index (χ0v) is 18.7. The second-order valence-corrected chi connectivity index (χ2v) is 8.69. The highest BCUT2D eigenvalue weighted by atomic mass is 32.1. The lowest BCUT2D eigenvalue weighted by Gasteiger charge is -2.16. The number of amides is 1. The van der Waals surface area contributed by atoms with Gasteiger partial charge in [0, 0.05) is 23.9 Å². The fourth-order valence-corrected chi connectivity index (χ4v) is 4.66. The largest absolute Gasteiger partial charge is 0.350 e. The molecule has 1 atom stereocenters. The van der Waals surface area contributed by atoms with Crippen molar-refractivity contribution in [3.8, 4) is 11.1 Å². The number of rotatable bonds is 6. The zero-order chi connectivity index (χ0) is 22.0. The van der Waals surface area contributed by atoms with Gasteiger partial charge in [-0.15, -0.1) is 11.3 Å². The van der Waals surface area contributed by atoms with Gasteiger partial charge in [0.2, 0.25) is 5.91 Å². The maximum Gasteiger partial charge on any atom is 0.262 e. The molecule has 4 aromatic rings. The highest BCUT2D eigenvalue weighted by Crippen LogP contribution is 2.30. The van der Waals surface area contributed by atoms with E-state index in [-0.39, 0.29) is 30.5 Å². The van der Waals surface area contributed by atoms with Gasteiger partial charge in [0.15, 0.2) is 0 Å². The first-order valence-corrected chi connectivity index (χ1v) is 11.2. The Morgan fingerprint density at radius 3 is 2.61 bits per heavy atom. The van der Waals surface area contributed by atoms with Gasteiger partial charge < -0.3 is 5.32 Å². The molecule has 0 radical (unpaired) electrons. The second kappa shape index (κ2) is 8.86. The third-order valence-electron chi connectivity index (χ3n) is 5.54. The van der Waals surface area contributed by atoms with E-state index in [0.29, 0.717) is 5.39 Å². The molecular weight excluding hydrogens is 406 g/mol. The molecule has 4 rings (SSSR count). The van der Waals surface area contributed by atoms with Crippen LogP contribution in [-0.4, -0.2) is 15.5 Å². The van der Waals surface area contributed by atoms with Crippen LogP contribution >= 0.6 is 11.3 Å². The van der Waals surface area contributed by atoms with Crippen LogP contribution in [0.2, 0.25) is 0 Å². The SMILES string of the molecule is Cc1ccc(-c2csc3ncn(CCC(=O)N[C@@H](C)c4ccccc4C)c(=O)c23)cc1. The molecule has 0 saturated heterocycles. The molecule has 158 valence electrons. The third-order valence-corrected chi connectivity index (χ3v) is 6.42. The third kappa shape index (κ3) is 4.44. The summed E-state index contributed by atoms with van der Waals surface area (Å²) in [5, 5.41) is 5.62. The molecule has 0 fully saturated rings. The van der Waals surface area contributed by atoms with Gasteiger partial charge >= 0.3 is 0 Å². The van der Waals surface area contributed by atoms with Crippen molar-refractivity contribution in [1.29, 1.82) is 0 Å². The van der Waals surface area contributed by atoms with Gasteiger partial charge in [0.05, 0.1) is 17.8 Å². The number of nitrogens with zero attached hydrogens (tertiary/aromatic N) is 2. The fourth-order valence-electron chi connectivity index (χ4n) is 3.76. The van der Waals surface area contributed by atoms with E-state index < -0.39 is 0 Å². The van der Waals surface area contributed by atoms with E-state index >= 15 is 0 Å². The normalized spacial score (nSPS) is 12.1. The van der Waals surface area contributed by atoms with E-state index in [2.05, 4.69) is 10.3 Å². The molecule has 2 aromatic carbocycles. The smallest absolute Gasteiger partial charge is 0.262 e. The fraction of sp³-hybridized carbons (Fsp3) is 0.240. The van der Waals surface area contributed by atoms with Crippen molar-refractivity contribution in [1.82, 2.24) is 14.9 Å². The predicted octanol–water partition coefficient (Wildman–Crippen LogP) is 5.01. The summed E-state index contributed by atoms with van der Waals surface area (Å²) in [5.41, 5.74) is 5.19. The average Bonchev–Trinajstić information content (AvgIpc) is 3.19. The quantitative estimate of drug-likeness (QED) is 0.467. The van der Waals surface area contributed by atoms with Gasteiger partial charge in [-0.2, -0.15) is 0 Å². The summed E-state index contributed by atoms with van der Waals surface area (Å²) in [6.45, 7) is 6.33. The summed E-state index contributed by atoms with van der Waals surface area (Å²) in [4.78, 5) is 30.8. The molecule has 1 N–H and O–H groups in total. The molecule has 0 saturated carbocycles. The molecule has 2 aromatic heterocycles. The number of fused-ring (bicyclic) bond motifs is 1. The Morgan fingerprint density at radius 1 is 1.13 bits per heavy atom. The van der Waals surface area contributed by atoms with E-state index in [1.807, 2.05) is 74.7 Å². The van der Waals surface area contributed by atoms with E-state index in [4.69, 9.17) is 0 Å². The van der Waals surface area contributed by atoms with Gasteiger partial charge in [0.1, 0.15) is 4.83 Å². The van der Waals surface area contributed by atoms with Crippen LogP contribution in [0, 0.1) is 13.8 Å².